The van der Waals surface area contributed by atoms with Crippen LogP contribution in [0, 0.1) is 26.7 Å². The first-order valence-corrected chi connectivity index (χ1v) is 12.0. The molecule has 2 N–H and O–H groups in total. The van der Waals surface area contributed by atoms with Gasteiger partial charge in [0.05, 0.1) is 6.04 Å². The lowest BCUT2D eigenvalue weighted by molar-refractivity contribution is -0.130. The molecule has 0 spiro atoms. The van der Waals surface area contributed by atoms with Crippen LogP contribution in [0.25, 0.3) is 0 Å². The van der Waals surface area contributed by atoms with E-state index in [-0.39, 0.29) is 5.91 Å². The van der Waals surface area contributed by atoms with Crippen molar-refractivity contribution in [1.82, 2.24) is 5.32 Å². The van der Waals surface area contributed by atoms with E-state index in [2.05, 4.69) is 16.7 Å². The Kier molecular flexibility index (Phi) is 5.53. The highest BCUT2D eigenvalue weighted by Crippen LogP contribution is 2.50. The van der Waals surface area contributed by atoms with Gasteiger partial charge >= 0.3 is 0 Å². The number of aryl methyl sites for hydroxylation is 3. The molecular formula is C27H26ClN3O2S. The first-order chi connectivity index (χ1) is 16.2. The van der Waals surface area contributed by atoms with Gasteiger partial charge in [0.15, 0.2) is 10.8 Å². The van der Waals surface area contributed by atoms with Crippen LogP contribution in [-0.2, 0) is 4.79 Å². The van der Waals surface area contributed by atoms with E-state index in [1.165, 1.54) is 0 Å². The van der Waals surface area contributed by atoms with Crippen molar-refractivity contribution in [2.45, 2.75) is 39.5 Å². The smallest absolute Gasteiger partial charge is 0.236 e. The molecule has 1 fully saturated rings. The summed E-state index contributed by atoms with van der Waals surface area (Å²) in [4.78, 5) is 15.8. The molecule has 0 radical (unpaired) electrons. The molecule has 5 rings (SSSR count). The molecule has 2 aliphatic heterocycles. The van der Waals surface area contributed by atoms with Crippen LogP contribution < -0.4 is 20.3 Å². The van der Waals surface area contributed by atoms with Gasteiger partial charge in [-0.2, -0.15) is 0 Å². The lowest BCUT2D eigenvalue weighted by Gasteiger charge is -2.56. The van der Waals surface area contributed by atoms with E-state index in [0.29, 0.717) is 15.9 Å². The second-order valence-electron chi connectivity index (χ2n) is 9.22. The first-order valence-electron chi connectivity index (χ1n) is 11.2. The maximum Gasteiger partial charge on any atom is 0.236 e. The Morgan fingerprint density at radius 2 is 1.76 bits per heavy atom. The normalized spacial score (nSPS) is 23.0. The molecule has 2 aliphatic rings. The average molecular weight is 492 g/mol. The second-order valence-corrected chi connectivity index (χ2v) is 10.0. The summed E-state index contributed by atoms with van der Waals surface area (Å²) in [6, 6.07) is 19.1. The number of nitrogens with zero attached hydrogens (tertiary/aromatic N) is 1. The number of anilines is 2. The van der Waals surface area contributed by atoms with E-state index in [9.17, 15) is 4.79 Å². The van der Waals surface area contributed by atoms with Gasteiger partial charge in [-0.1, -0.05) is 47.0 Å². The summed E-state index contributed by atoms with van der Waals surface area (Å²) in [6.45, 7) is 7.98. The van der Waals surface area contributed by atoms with Crippen molar-refractivity contribution in [3.8, 4) is 5.75 Å². The molecular weight excluding hydrogens is 466 g/mol. The zero-order chi connectivity index (χ0) is 24.2. The topological polar surface area (TPSA) is 53.6 Å². The van der Waals surface area contributed by atoms with Crippen molar-refractivity contribution < 1.29 is 9.53 Å². The number of carbonyl (C=O) groups is 1. The third kappa shape index (κ3) is 3.71. The fourth-order valence-corrected chi connectivity index (χ4v) is 5.60. The lowest BCUT2D eigenvalue weighted by Crippen LogP contribution is -2.72. The van der Waals surface area contributed by atoms with E-state index >= 15 is 0 Å². The number of nitrogens with one attached hydrogen (secondary N) is 2. The number of benzene rings is 3. The zero-order valence-electron chi connectivity index (χ0n) is 19.5. The van der Waals surface area contributed by atoms with E-state index in [1.54, 1.807) is 6.07 Å². The van der Waals surface area contributed by atoms with Gasteiger partial charge in [-0.15, -0.1) is 0 Å². The van der Waals surface area contributed by atoms with Gasteiger partial charge in [0.1, 0.15) is 11.7 Å². The molecule has 0 unspecified atom stereocenters. The van der Waals surface area contributed by atoms with Gasteiger partial charge in [-0.25, -0.2) is 0 Å². The summed E-state index contributed by atoms with van der Waals surface area (Å²) in [5.41, 5.74) is 4.66. The molecule has 7 heteroatoms. The van der Waals surface area contributed by atoms with Crippen LogP contribution in [0.5, 0.6) is 5.75 Å². The summed E-state index contributed by atoms with van der Waals surface area (Å²) in [5.74, 6) is -0.0936. The number of ether oxygens (including phenoxy) is 1. The number of carbonyl (C=O) groups excluding carboxylic acids is 1. The Hall–Kier alpha value is -3.09. The number of hydrogen-bond acceptors (Lipinski definition) is 3. The fourth-order valence-electron chi connectivity index (χ4n) is 5.00. The second kappa shape index (κ2) is 8.29. The van der Waals surface area contributed by atoms with Crippen molar-refractivity contribution in [3.05, 3.63) is 87.9 Å². The molecule has 3 aromatic rings. The molecule has 1 amide bonds. The van der Waals surface area contributed by atoms with Gasteiger partial charge < -0.3 is 15.4 Å². The molecule has 2 heterocycles. The lowest BCUT2D eigenvalue weighted by atomic mass is 9.78. The van der Waals surface area contributed by atoms with Crippen LogP contribution >= 0.6 is 23.8 Å². The quantitative estimate of drug-likeness (QED) is 0.436. The molecule has 3 atom stereocenters. The zero-order valence-corrected chi connectivity index (χ0v) is 21.1. The largest absolute Gasteiger partial charge is 0.467 e. The molecule has 1 saturated heterocycles. The fraction of sp³-hybridized carbons (Fsp3) is 0.259. The number of thiocarbonyl (C=S) groups is 1. The maximum atomic E-state index is 13.9. The van der Waals surface area contributed by atoms with Crippen molar-refractivity contribution in [2.75, 3.05) is 10.2 Å². The molecule has 34 heavy (non-hydrogen) atoms. The minimum absolute atomic E-state index is 0.155. The molecule has 3 aromatic carbocycles. The standard InChI is InChI=1S/C27H26ClN3O2S/c1-15-5-9-19(10-6-15)31-26(34)30-24-20-14-18(28)8-12-22(20)33-27(31,4)23(24)25(32)29-21-11-7-16(2)13-17(21)3/h5-14,23-24H,1-4H3,(H,29,32)(H,30,34)/t23-,24-,27+/m0/s1. The Morgan fingerprint density at radius 3 is 2.47 bits per heavy atom. The molecule has 5 nitrogen and oxygen atoms in total. The molecule has 174 valence electrons. The summed E-state index contributed by atoms with van der Waals surface area (Å²) in [7, 11) is 0. The van der Waals surface area contributed by atoms with E-state index in [0.717, 1.165) is 33.6 Å². The number of hydrogen-bond donors (Lipinski definition) is 2. The van der Waals surface area contributed by atoms with Crippen LogP contribution in [0.1, 0.15) is 35.2 Å². The van der Waals surface area contributed by atoms with Crippen molar-refractivity contribution >= 4 is 46.2 Å². The van der Waals surface area contributed by atoms with Gasteiger partial charge in [-0.05, 0) is 81.9 Å². The summed E-state index contributed by atoms with van der Waals surface area (Å²) < 4.78 is 6.61. The molecule has 0 saturated carbocycles. The molecule has 0 aromatic heterocycles. The van der Waals surface area contributed by atoms with Crippen LogP contribution in [-0.4, -0.2) is 16.7 Å². The third-order valence-electron chi connectivity index (χ3n) is 6.67. The monoisotopic (exact) mass is 491 g/mol. The van der Waals surface area contributed by atoms with E-state index < -0.39 is 17.7 Å². The van der Waals surface area contributed by atoms with Crippen LogP contribution in [0.2, 0.25) is 5.02 Å². The van der Waals surface area contributed by atoms with Crippen molar-refractivity contribution in [1.29, 1.82) is 0 Å². The average Bonchev–Trinajstić information content (AvgIpc) is 2.77. The Labute approximate surface area is 210 Å². The van der Waals surface area contributed by atoms with Gasteiger partial charge in [0, 0.05) is 22.0 Å². The number of halogens is 1. The maximum absolute atomic E-state index is 13.9. The van der Waals surface area contributed by atoms with Crippen LogP contribution in [0.3, 0.4) is 0 Å². The number of fused-ring (bicyclic) bond motifs is 4. The third-order valence-corrected chi connectivity index (χ3v) is 7.21. The first kappa shape index (κ1) is 22.7. The molecule has 2 bridgehead atoms. The molecule has 0 aliphatic carbocycles. The Bertz CT molecular complexity index is 1310. The highest BCUT2D eigenvalue weighted by molar-refractivity contribution is 7.80. The summed E-state index contributed by atoms with van der Waals surface area (Å²) in [5, 5.41) is 7.63. The highest BCUT2D eigenvalue weighted by Gasteiger charge is 2.59. The highest BCUT2D eigenvalue weighted by atomic mass is 35.5. The van der Waals surface area contributed by atoms with Crippen molar-refractivity contribution in [2.24, 2.45) is 5.92 Å². The minimum atomic E-state index is -1.06. The summed E-state index contributed by atoms with van der Waals surface area (Å²) >= 11 is 12.1. The van der Waals surface area contributed by atoms with Gasteiger partial charge in [0.2, 0.25) is 5.91 Å². The van der Waals surface area contributed by atoms with E-state index in [4.69, 9.17) is 28.6 Å². The predicted octanol–water partition coefficient (Wildman–Crippen LogP) is 6.06. The SMILES string of the molecule is Cc1ccc(N2C(=S)N[C@H]3c4cc(Cl)ccc4O[C@]2(C)[C@@H]3C(=O)Nc2ccc(C)cc2C)cc1. The van der Waals surface area contributed by atoms with E-state index in [1.807, 2.05) is 81.1 Å². The summed E-state index contributed by atoms with van der Waals surface area (Å²) in [6.07, 6.45) is 0. The predicted molar refractivity (Wildman–Crippen MR) is 141 cm³/mol. The van der Waals surface area contributed by atoms with Crippen LogP contribution in [0.4, 0.5) is 11.4 Å². The minimum Gasteiger partial charge on any atom is -0.467 e. The Morgan fingerprint density at radius 1 is 1.06 bits per heavy atom. The Balaban J connectivity index is 1.63. The number of rotatable bonds is 3. The van der Waals surface area contributed by atoms with Gasteiger partial charge in [-0.3, -0.25) is 9.69 Å². The van der Waals surface area contributed by atoms with Gasteiger partial charge in [0.25, 0.3) is 0 Å². The van der Waals surface area contributed by atoms with Crippen molar-refractivity contribution in [3.63, 3.8) is 0 Å². The van der Waals surface area contributed by atoms with Crippen LogP contribution in [0.15, 0.2) is 60.7 Å². The number of amides is 1.